The molecule has 3 heterocycles. The molecule has 1 fully saturated rings. The van der Waals surface area contributed by atoms with E-state index in [1.165, 1.54) is 6.42 Å². The molecule has 0 unspecified atom stereocenters. The summed E-state index contributed by atoms with van der Waals surface area (Å²) in [5, 5.41) is 0. The van der Waals surface area contributed by atoms with Crippen molar-refractivity contribution in [3.63, 3.8) is 0 Å². The highest BCUT2D eigenvalue weighted by Crippen LogP contribution is 2.31. The van der Waals surface area contributed by atoms with Crippen molar-refractivity contribution in [1.82, 2.24) is 14.5 Å². The third kappa shape index (κ3) is 4.67. The number of likely N-dealkylation sites (tertiary alicyclic amines) is 1. The van der Waals surface area contributed by atoms with Crippen LogP contribution in [0.15, 0.2) is 30.3 Å². The molecular formula is C26H29N5O2. The second kappa shape index (κ2) is 9.55. The van der Waals surface area contributed by atoms with Gasteiger partial charge in [0, 0.05) is 23.5 Å². The van der Waals surface area contributed by atoms with Crippen molar-refractivity contribution >= 4 is 28.4 Å². The van der Waals surface area contributed by atoms with Crippen LogP contribution in [0.2, 0.25) is 0 Å². The van der Waals surface area contributed by atoms with Crippen molar-refractivity contribution in [2.75, 3.05) is 19.6 Å². The molecule has 0 aliphatic carbocycles. The Hall–Kier alpha value is -3.50. The van der Waals surface area contributed by atoms with E-state index in [2.05, 4.69) is 9.74 Å². The zero-order valence-electron chi connectivity index (χ0n) is 19.2. The summed E-state index contributed by atoms with van der Waals surface area (Å²) in [5.41, 5.74) is 11.5. The number of nitrogens with two attached hydrogens (primary N) is 1. The van der Waals surface area contributed by atoms with E-state index < -0.39 is 0 Å². The lowest BCUT2D eigenvalue weighted by molar-refractivity contribution is -0.117. The van der Waals surface area contributed by atoms with Crippen LogP contribution < -0.4 is 5.73 Å². The van der Waals surface area contributed by atoms with Crippen LogP contribution in [0.5, 0.6) is 0 Å². The maximum absolute atomic E-state index is 13.5. The Bertz CT molecular complexity index is 1240. The number of pyridine rings is 1. The molecule has 0 saturated carbocycles. The standard InChI is InChI=1S/C26H29N5O2/c1-17-19(7-12-24(27)33)15-22-26(29-17)25(23(32)16-30-13-5-4-6-14-30)18(2)31(22)21-10-8-20(28-3)9-11-21/h8-11,15H,4-7,12-14,16H2,1-2H3,(H2,27,33). The van der Waals surface area contributed by atoms with Crippen LogP contribution in [0.4, 0.5) is 5.69 Å². The zero-order chi connectivity index (χ0) is 23.5. The first-order valence-corrected chi connectivity index (χ1v) is 11.4. The van der Waals surface area contributed by atoms with Gasteiger partial charge in [-0.3, -0.25) is 19.5 Å². The number of piperidine rings is 1. The molecule has 33 heavy (non-hydrogen) atoms. The van der Waals surface area contributed by atoms with Gasteiger partial charge in [-0.15, -0.1) is 0 Å². The van der Waals surface area contributed by atoms with E-state index in [4.69, 9.17) is 17.3 Å². The number of aromatic nitrogens is 2. The molecule has 3 aromatic rings. The van der Waals surface area contributed by atoms with Gasteiger partial charge in [-0.2, -0.15) is 0 Å². The van der Waals surface area contributed by atoms with Crippen molar-refractivity contribution in [2.45, 2.75) is 46.0 Å². The van der Waals surface area contributed by atoms with E-state index in [0.29, 0.717) is 29.7 Å². The molecule has 0 spiro atoms. The topological polar surface area (TPSA) is 85.6 Å². The lowest BCUT2D eigenvalue weighted by Gasteiger charge is -2.25. The summed E-state index contributed by atoms with van der Waals surface area (Å²) in [7, 11) is 0. The average Bonchev–Trinajstić information content (AvgIpc) is 3.08. The summed E-state index contributed by atoms with van der Waals surface area (Å²) in [5.74, 6) is -0.277. The minimum Gasteiger partial charge on any atom is -0.370 e. The van der Waals surface area contributed by atoms with E-state index in [-0.39, 0.29) is 18.1 Å². The number of rotatable bonds is 7. The third-order valence-electron chi connectivity index (χ3n) is 6.45. The van der Waals surface area contributed by atoms with Gasteiger partial charge in [0.05, 0.1) is 29.7 Å². The van der Waals surface area contributed by atoms with Gasteiger partial charge in [-0.05, 0) is 70.0 Å². The van der Waals surface area contributed by atoms with E-state index >= 15 is 0 Å². The van der Waals surface area contributed by atoms with E-state index in [0.717, 1.165) is 54.1 Å². The second-order valence-corrected chi connectivity index (χ2v) is 8.75. The molecule has 7 heteroatoms. The van der Waals surface area contributed by atoms with Gasteiger partial charge < -0.3 is 10.3 Å². The van der Waals surface area contributed by atoms with Crippen LogP contribution in [0, 0.1) is 20.4 Å². The van der Waals surface area contributed by atoms with Crippen LogP contribution in [-0.2, 0) is 11.2 Å². The Kier molecular flexibility index (Phi) is 6.57. The van der Waals surface area contributed by atoms with Gasteiger partial charge in [-0.1, -0.05) is 18.6 Å². The first-order chi connectivity index (χ1) is 15.9. The summed E-state index contributed by atoms with van der Waals surface area (Å²) in [6, 6.07) is 9.36. The van der Waals surface area contributed by atoms with Gasteiger partial charge in [-0.25, -0.2) is 4.85 Å². The lowest BCUT2D eigenvalue weighted by atomic mass is 10.0. The normalized spacial score (nSPS) is 14.3. The lowest BCUT2D eigenvalue weighted by Crippen LogP contribution is -2.34. The molecule has 0 atom stereocenters. The van der Waals surface area contributed by atoms with Crippen LogP contribution in [0.1, 0.15) is 53.0 Å². The second-order valence-electron chi connectivity index (χ2n) is 8.75. The molecule has 0 bridgehead atoms. The van der Waals surface area contributed by atoms with Crippen molar-refractivity contribution in [3.05, 3.63) is 64.3 Å². The Morgan fingerprint density at radius 2 is 1.82 bits per heavy atom. The highest BCUT2D eigenvalue weighted by atomic mass is 16.1. The van der Waals surface area contributed by atoms with Gasteiger partial charge in [0.1, 0.15) is 0 Å². The summed E-state index contributed by atoms with van der Waals surface area (Å²) < 4.78 is 2.03. The number of benzene rings is 1. The highest BCUT2D eigenvalue weighted by Gasteiger charge is 2.25. The Morgan fingerprint density at radius 3 is 2.45 bits per heavy atom. The molecule has 2 N–H and O–H groups in total. The molecular weight excluding hydrogens is 414 g/mol. The van der Waals surface area contributed by atoms with Crippen LogP contribution >= 0.6 is 0 Å². The Balaban J connectivity index is 1.85. The number of primary amides is 1. The predicted molar refractivity (Wildman–Crippen MR) is 129 cm³/mol. The fourth-order valence-electron chi connectivity index (χ4n) is 4.71. The van der Waals surface area contributed by atoms with Crippen molar-refractivity contribution in [3.8, 4) is 5.69 Å². The average molecular weight is 444 g/mol. The third-order valence-corrected chi connectivity index (χ3v) is 6.45. The molecule has 2 aromatic heterocycles. The van der Waals surface area contributed by atoms with E-state index in [1.807, 2.05) is 36.6 Å². The molecule has 7 nitrogen and oxygen atoms in total. The molecule has 4 rings (SSSR count). The van der Waals surface area contributed by atoms with Crippen molar-refractivity contribution in [1.29, 1.82) is 0 Å². The number of carbonyl (C=O) groups is 2. The van der Waals surface area contributed by atoms with Crippen LogP contribution in [-0.4, -0.2) is 45.8 Å². The predicted octanol–water partition coefficient (Wildman–Crippen LogP) is 4.28. The smallest absolute Gasteiger partial charge is 0.217 e. The summed E-state index contributed by atoms with van der Waals surface area (Å²) in [6.07, 6.45) is 4.22. The van der Waals surface area contributed by atoms with Crippen molar-refractivity contribution < 1.29 is 9.59 Å². The number of ketones is 1. The first-order valence-electron chi connectivity index (χ1n) is 11.4. The minimum absolute atomic E-state index is 0.0766. The highest BCUT2D eigenvalue weighted by molar-refractivity contribution is 6.09. The number of hydrogen-bond donors (Lipinski definition) is 1. The summed E-state index contributed by atoms with van der Waals surface area (Å²) >= 11 is 0. The molecule has 1 amide bonds. The molecule has 170 valence electrons. The fourth-order valence-corrected chi connectivity index (χ4v) is 4.71. The number of hydrogen-bond acceptors (Lipinski definition) is 4. The van der Waals surface area contributed by atoms with E-state index in [1.54, 1.807) is 12.1 Å². The van der Waals surface area contributed by atoms with Gasteiger partial charge in [0.15, 0.2) is 11.5 Å². The molecule has 1 saturated heterocycles. The minimum atomic E-state index is -0.354. The Morgan fingerprint density at radius 1 is 1.12 bits per heavy atom. The maximum Gasteiger partial charge on any atom is 0.217 e. The molecule has 1 aliphatic heterocycles. The SMILES string of the molecule is [C-]#[N+]c1ccc(-n2c(C)c(C(=O)CN3CCCCC3)c3nc(C)c(CCC(N)=O)cc32)cc1. The number of carbonyl (C=O) groups excluding carboxylic acids is 2. The largest absolute Gasteiger partial charge is 0.370 e. The monoisotopic (exact) mass is 443 g/mol. The number of Topliss-reactive ketones (excluding diaryl/α,β-unsaturated/α-hetero) is 1. The van der Waals surface area contributed by atoms with Gasteiger partial charge >= 0.3 is 0 Å². The Labute approximate surface area is 194 Å². The number of nitrogens with zero attached hydrogens (tertiary/aromatic N) is 4. The molecule has 0 radical (unpaired) electrons. The molecule has 1 aromatic carbocycles. The van der Waals surface area contributed by atoms with Gasteiger partial charge in [0.25, 0.3) is 0 Å². The number of amides is 1. The van der Waals surface area contributed by atoms with Crippen LogP contribution in [0.25, 0.3) is 21.6 Å². The van der Waals surface area contributed by atoms with Gasteiger partial charge in [0.2, 0.25) is 5.91 Å². The first kappa shape index (κ1) is 22.7. The quantitative estimate of drug-likeness (QED) is 0.436. The van der Waals surface area contributed by atoms with Crippen molar-refractivity contribution in [2.24, 2.45) is 5.73 Å². The molecule has 1 aliphatic rings. The summed E-state index contributed by atoms with van der Waals surface area (Å²) in [6.45, 7) is 13.4. The fraction of sp³-hybridized carbons (Fsp3) is 0.385. The van der Waals surface area contributed by atoms with Crippen LogP contribution in [0.3, 0.4) is 0 Å². The van der Waals surface area contributed by atoms with E-state index in [9.17, 15) is 9.59 Å². The number of aryl methyl sites for hydroxylation is 2. The maximum atomic E-state index is 13.5. The zero-order valence-corrected chi connectivity index (χ0v) is 19.2. The number of fused-ring (bicyclic) bond motifs is 1. The summed E-state index contributed by atoms with van der Waals surface area (Å²) in [4.78, 5) is 35.4.